The van der Waals surface area contributed by atoms with Crippen molar-refractivity contribution in [3.8, 4) is 5.88 Å². The molecule has 1 N–H and O–H groups in total. The minimum absolute atomic E-state index is 0.0759. The first kappa shape index (κ1) is 21.0. The Hall–Kier alpha value is -3.88. The van der Waals surface area contributed by atoms with Crippen LogP contribution in [0.1, 0.15) is 29.7 Å². The first-order valence-electron chi connectivity index (χ1n) is 10.9. The number of rotatable bonds is 7. The lowest BCUT2D eigenvalue weighted by atomic mass is 9.97. The number of carboxylic acid groups (broad SMARTS) is 1. The number of para-hydroxylation sites is 1. The Labute approximate surface area is 190 Å². The zero-order chi connectivity index (χ0) is 23.1. The molecular formula is C24H24N4O5. The second-order valence-corrected chi connectivity index (χ2v) is 8.35. The Morgan fingerprint density at radius 2 is 2.03 bits per heavy atom. The van der Waals surface area contributed by atoms with Crippen molar-refractivity contribution >= 4 is 28.8 Å². The molecule has 33 heavy (non-hydrogen) atoms. The zero-order valence-electron chi connectivity index (χ0n) is 18.2. The zero-order valence-corrected chi connectivity index (χ0v) is 18.2. The van der Waals surface area contributed by atoms with E-state index in [-0.39, 0.29) is 31.3 Å². The van der Waals surface area contributed by atoms with Crippen LogP contribution in [0.4, 0.5) is 4.79 Å². The number of pyridine rings is 1. The molecule has 5 rings (SSSR count). The molecule has 4 heterocycles. The van der Waals surface area contributed by atoms with E-state index >= 15 is 0 Å². The van der Waals surface area contributed by atoms with E-state index in [4.69, 9.17) is 9.84 Å². The van der Waals surface area contributed by atoms with E-state index in [1.807, 2.05) is 24.3 Å². The summed E-state index contributed by atoms with van der Waals surface area (Å²) in [4.78, 5) is 44.0. The average Bonchev–Trinajstić information content (AvgIpc) is 3.25. The summed E-state index contributed by atoms with van der Waals surface area (Å²) in [7, 11) is 1.58. The molecule has 0 aliphatic carbocycles. The van der Waals surface area contributed by atoms with Crippen LogP contribution in [0, 0.1) is 0 Å². The molecule has 1 saturated heterocycles. The summed E-state index contributed by atoms with van der Waals surface area (Å²) in [6.07, 6.45) is 2.40. The summed E-state index contributed by atoms with van der Waals surface area (Å²) in [5, 5.41) is 9.97. The summed E-state index contributed by atoms with van der Waals surface area (Å²) in [5.41, 5.74) is 4.15. The highest BCUT2D eigenvalue weighted by molar-refractivity contribution is 6.05. The van der Waals surface area contributed by atoms with Gasteiger partial charge in [-0.05, 0) is 23.6 Å². The van der Waals surface area contributed by atoms with Gasteiger partial charge in [0.05, 0.1) is 13.7 Å². The lowest BCUT2D eigenvalue weighted by molar-refractivity contribution is -0.137. The van der Waals surface area contributed by atoms with Crippen LogP contribution in [0.2, 0.25) is 0 Å². The minimum atomic E-state index is -0.937. The molecule has 2 aliphatic rings. The van der Waals surface area contributed by atoms with E-state index in [0.29, 0.717) is 25.4 Å². The van der Waals surface area contributed by atoms with Gasteiger partial charge in [-0.15, -0.1) is 0 Å². The summed E-state index contributed by atoms with van der Waals surface area (Å²) in [6.45, 7) is 1.04. The maximum absolute atomic E-state index is 13.0. The van der Waals surface area contributed by atoms with Gasteiger partial charge in [-0.3, -0.25) is 14.5 Å². The van der Waals surface area contributed by atoms with Gasteiger partial charge in [0.15, 0.2) is 0 Å². The van der Waals surface area contributed by atoms with Crippen LogP contribution in [-0.4, -0.2) is 62.1 Å². The molecule has 0 radical (unpaired) electrons. The van der Waals surface area contributed by atoms with E-state index in [1.54, 1.807) is 18.2 Å². The normalized spacial score (nSPS) is 17.4. The number of carbonyl (C=O) groups is 3. The molecule has 9 nitrogen and oxygen atoms in total. The second-order valence-electron chi connectivity index (χ2n) is 8.35. The number of benzene rings is 1. The summed E-state index contributed by atoms with van der Waals surface area (Å²) < 4.78 is 7.34. The second kappa shape index (κ2) is 8.23. The fraction of sp³-hybridized carbons (Fsp3) is 0.333. The van der Waals surface area contributed by atoms with E-state index in [1.165, 1.54) is 4.90 Å². The molecule has 3 amide bonds. The van der Waals surface area contributed by atoms with Crippen LogP contribution in [0.5, 0.6) is 5.88 Å². The lowest BCUT2D eigenvalue weighted by Gasteiger charge is -2.28. The number of methoxy groups -OCH3 is 1. The molecule has 1 fully saturated rings. The maximum Gasteiger partial charge on any atom is 0.327 e. The Morgan fingerprint density at radius 1 is 1.21 bits per heavy atom. The summed E-state index contributed by atoms with van der Waals surface area (Å²) in [5.74, 6) is -0.634. The number of aliphatic carboxylic acids is 1. The topological polar surface area (TPSA) is 105 Å². The third kappa shape index (κ3) is 3.59. The minimum Gasteiger partial charge on any atom is -0.481 e. The highest BCUT2D eigenvalue weighted by Crippen LogP contribution is 2.37. The van der Waals surface area contributed by atoms with E-state index in [9.17, 15) is 14.4 Å². The predicted octanol–water partition coefficient (Wildman–Crippen LogP) is 2.65. The Kier molecular flexibility index (Phi) is 5.24. The van der Waals surface area contributed by atoms with E-state index in [2.05, 4.69) is 21.7 Å². The van der Waals surface area contributed by atoms with Crippen molar-refractivity contribution in [2.24, 2.45) is 0 Å². The van der Waals surface area contributed by atoms with Crippen LogP contribution in [-0.2, 0) is 29.1 Å². The number of ether oxygens (including phenoxy) is 1. The highest BCUT2D eigenvalue weighted by atomic mass is 16.5. The molecule has 0 saturated carbocycles. The first-order valence-corrected chi connectivity index (χ1v) is 10.9. The molecule has 9 heteroatoms. The highest BCUT2D eigenvalue weighted by Gasteiger charge is 2.48. The number of amides is 3. The van der Waals surface area contributed by atoms with Crippen molar-refractivity contribution in [2.75, 3.05) is 13.7 Å². The van der Waals surface area contributed by atoms with Gasteiger partial charge in [0, 0.05) is 54.8 Å². The SMILES string of the molecule is COc1ccc(Cn2c3c(c4ccccc42)C[C@H]2C(=O)N(CCCC(=O)O)C(=O)N2C3)cn1. The van der Waals surface area contributed by atoms with Crippen molar-refractivity contribution < 1.29 is 24.2 Å². The van der Waals surface area contributed by atoms with Gasteiger partial charge in [0.1, 0.15) is 6.04 Å². The predicted molar refractivity (Wildman–Crippen MR) is 119 cm³/mol. The third-order valence-electron chi connectivity index (χ3n) is 6.44. The fourth-order valence-electron chi connectivity index (χ4n) is 4.84. The van der Waals surface area contributed by atoms with E-state index < -0.39 is 12.0 Å². The molecule has 1 aromatic carbocycles. The van der Waals surface area contributed by atoms with Crippen LogP contribution < -0.4 is 4.74 Å². The number of carbonyl (C=O) groups excluding carboxylic acids is 2. The lowest BCUT2D eigenvalue weighted by Crippen LogP contribution is -2.40. The fourth-order valence-corrected chi connectivity index (χ4v) is 4.84. The Bertz CT molecular complexity index is 1250. The van der Waals surface area contributed by atoms with Gasteiger partial charge in [-0.2, -0.15) is 0 Å². The molecule has 2 aromatic heterocycles. The van der Waals surface area contributed by atoms with Gasteiger partial charge in [0.2, 0.25) is 5.88 Å². The number of carboxylic acids is 1. The van der Waals surface area contributed by atoms with Crippen molar-refractivity contribution in [3.63, 3.8) is 0 Å². The van der Waals surface area contributed by atoms with Crippen LogP contribution in [0.15, 0.2) is 42.6 Å². The number of fused-ring (bicyclic) bond motifs is 4. The van der Waals surface area contributed by atoms with E-state index in [0.717, 1.165) is 27.7 Å². The van der Waals surface area contributed by atoms with Gasteiger partial charge in [-0.25, -0.2) is 9.78 Å². The molecule has 170 valence electrons. The number of nitrogens with zero attached hydrogens (tertiary/aromatic N) is 4. The Morgan fingerprint density at radius 3 is 2.76 bits per heavy atom. The number of hydrogen-bond acceptors (Lipinski definition) is 5. The number of urea groups is 1. The van der Waals surface area contributed by atoms with Crippen LogP contribution in [0.25, 0.3) is 10.9 Å². The summed E-state index contributed by atoms with van der Waals surface area (Å²) in [6, 6.07) is 11.0. The molecule has 3 aromatic rings. The smallest absolute Gasteiger partial charge is 0.327 e. The van der Waals surface area contributed by atoms with Crippen LogP contribution in [0.3, 0.4) is 0 Å². The molecule has 0 unspecified atom stereocenters. The average molecular weight is 448 g/mol. The van der Waals surface area contributed by atoms with Crippen LogP contribution >= 0.6 is 0 Å². The molecule has 2 aliphatic heterocycles. The van der Waals surface area contributed by atoms with Gasteiger partial charge < -0.3 is 19.3 Å². The van der Waals surface area contributed by atoms with Crippen molar-refractivity contribution in [1.82, 2.24) is 19.4 Å². The number of aromatic nitrogens is 2. The number of hydrogen-bond donors (Lipinski definition) is 1. The Balaban J connectivity index is 1.47. The van der Waals surface area contributed by atoms with Gasteiger partial charge >= 0.3 is 12.0 Å². The molecule has 1 atom stereocenters. The summed E-state index contributed by atoms with van der Waals surface area (Å²) >= 11 is 0. The standard InChI is InChI=1S/C24H24N4O5/c1-33-21-9-8-15(12-25-21)13-27-18-6-3-2-5-16(18)17-11-19-23(31)26(10-4-7-22(29)30)24(32)28(19)14-20(17)27/h2-3,5-6,8-9,12,19H,4,7,10-11,13-14H2,1H3,(H,29,30)/t19-/m0/s1. The van der Waals surface area contributed by atoms with Gasteiger partial charge in [0.25, 0.3) is 5.91 Å². The maximum atomic E-state index is 13.0. The van der Waals surface area contributed by atoms with Crippen molar-refractivity contribution in [2.45, 2.75) is 38.4 Å². The quantitative estimate of drug-likeness (QED) is 0.557. The monoisotopic (exact) mass is 448 g/mol. The first-order chi connectivity index (χ1) is 16.0. The number of imide groups is 1. The van der Waals surface area contributed by atoms with Crippen molar-refractivity contribution in [3.05, 3.63) is 59.4 Å². The van der Waals surface area contributed by atoms with Gasteiger partial charge in [-0.1, -0.05) is 24.3 Å². The molecule has 0 bridgehead atoms. The molecular weight excluding hydrogens is 424 g/mol. The van der Waals surface area contributed by atoms with Crippen molar-refractivity contribution in [1.29, 1.82) is 0 Å². The molecule has 0 spiro atoms. The largest absolute Gasteiger partial charge is 0.481 e. The third-order valence-corrected chi connectivity index (χ3v) is 6.44.